The molecule has 32 heavy (non-hydrogen) atoms. The molecule has 1 saturated heterocycles. The van der Waals surface area contributed by atoms with Crippen molar-refractivity contribution in [2.45, 2.75) is 6.92 Å². The zero-order valence-corrected chi connectivity index (χ0v) is 19.6. The number of morpholine rings is 1. The molecule has 3 N–H and O–H groups in total. The lowest BCUT2D eigenvalue weighted by Gasteiger charge is -2.27. The number of anilines is 4. The highest BCUT2D eigenvalue weighted by atomic mass is 79.9. The zero-order chi connectivity index (χ0) is 22.5. The Morgan fingerprint density at radius 1 is 1.16 bits per heavy atom. The van der Waals surface area contributed by atoms with E-state index in [1.165, 1.54) is 0 Å². The van der Waals surface area contributed by atoms with E-state index in [9.17, 15) is 5.11 Å². The summed E-state index contributed by atoms with van der Waals surface area (Å²) in [7, 11) is 0. The fourth-order valence-electron chi connectivity index (χ4n) is 3.01. The highest BCUT2D eigenvalue weighted by molar-refractivity contribution is 9.10. The molecule has 166 valence electrons. The molecular weight excluding hydrogens is 498 g/mol. The molecule has 1 fully saturated rings. The van der Waals surface area contributed by atoms with Gasteiger partial charge in [0, 0.05) is 22.6 Å². The van der Waals surface area contributed by atoms with Crippen LogP contribution in [0.5, 0.6) is 5.75 Å². The summed E-state index contributed by atoms with van der Waals surface area (Å²) >= 11 is 9.84. The average Bonchev–Trinajstić information content (AvgIpc) is 2.78. The predicted octanol–water partition coefficient (Wildman–Crippen LogP) is 4.33. The van der Waals surface area contributed by atoms with Crippen molar-refractivity contribution in [3.05, 3.63) is 57.0 Å². The van der Waals surface area contributed by atoms with Gasteiger partial charge in [-0.3, -0.25) is 0 Å². The molecule has 0 amide bonds. The lowest BCUT2D eigenvalue weighted by atomic mass is 10.2. The molecule has 2 heterocycles. The number of hydrogen-bond acceptors (Lipinski definition) is 9. The van der Waals surface area contributed by atoms with Crippen LogP contribution in [0.15, 0.2) is 46.0 Å². The molecule has 0 radical (unpaired) electrons. The molecule has 0 atom stereocenters. The Morgan fingerprint density at radius 3 is 2.72 bits per heavy atom. The van der Waals surface area contributed by atoms with Gasteiger partial charge < -0.3 is 20.1 Å². The molecule has 1 aliphatic rings. The number of aryl methyl sites for hydroxylation is 1. The van der Waals surface area contributed by atoms with Gasteiger partial charge in [-0.2, -0.15) is 20.1 Å². The Kier molecular flexibility index (Phi) is 7.03. The van der Waals surface area contributed by atoms with Crippen LogP contribution in [-0.4, -0.2) is 52.6 Å². The van der Waals surface area contributed by atoms with Crippen LogP contribution in [0.2, 0.25) is 5.02 Å². The van der Waals surface area contributed by atoms with Gasteiger partial charge in [0.1, 0.15) is 5.75 Å². The summed E-state index contributed by atoms with van der Waals surface area (Å²) in [6, 6.07) is 10.5. The minimum absolute atomic E-state index is 0.164. The van der Waals surface area contributed by atoms with Crippen molar-refractivity contribution in [2.24, 2.45) is 5.10 Å². The Morgan fingerprint density at radius 2 is 1.94 bits per heavy atom. The number of halogens is 2. The van der Waals surface area contributed by atoms with Crippen LogP contribution in [-0.2, 0) is 4.74 Å². The fraction of sp³-hybridized carbons (Fsp3) is 0.238. The predicted molar refractivity (Wildman–Crippen MR) is 129 cm³/mol. The third kappa shape index (κ3) is 5.64. The number of phenols is 1. The molecule has 9 nitrogen and oxygen atoms in total. The van der Waals surface area contributed by atoms with Crippen molar-refractivity contribution in [3.63, 3.8) is 0 Å². The summed E-state index contributed by atoms with van der Waals surface area (Å²) in [4.78, 5) is 15.5. The van der Waals surface area contributed by atoms with Gasteiger partial charge in [-0.05, 0) is 58.2 Å². The minimum atomic E-state index is 0.164. The first-order valence-corrected chi connectivity index (χ1v) is 11.0. The van der Waals surface area contributed by atoms with E-state index in [0.29, 0.717) is 43.2 Å². The van der Waals surface area contributed by atoms with Crippen LogP contribution >= 0.6 is 27.5 Å². The highest BCUT2D eigenvalue weighted by Crippen LogP contribution is 2.31. The van der Waals surface area contributed by atoms with Crippen molar-refractivity contribution >= 4 is 57.3 Å². The van der Waals surface area contributed by atoms with Gasteiger partial charge in [0.15, 0.2) is 0 Å². The van der Waals surface area contributed by atoms with Crippen LogP contribution in [0, 0.1) is 6.92 Å². The standard InChI is InChI=1S/C21H21BrClN7O2/c1-13-9-16(22)18(11-17(13)23)25-19-26-20(28-21(27-19)30-5-7-32-8-6-30)29-24-12-14-3-2-4-15(31)10-14/h2-4,9-12,31H,5-8H2,1H3,(H2,25,26,27,28,29)/b24-12+. The van der Waals surface area contributed by atoms with Gasteiger partial charge in [-0.1, -0.05) is 23.7 Å². The molecule has 4 rings (SSSR count). The zero-order valence-electron chi connectivity index (χ0n) is 17.2. The third-order valence-corrected chi connectivity index (χ3v) is 5.72. The molecular formula is C21H21BrClN7O2. The maximum absolute atomic E-state index is 9.59. The summed E-state index contributed by atoms with van der Waals surface area (Å²) in [5.41, 5.74) is 5.26. The van der Waals surface area contributed by atoms with E-state index >= 15 is 0 Å². The lowest BCUT2D eigenvalue weighted by molar-refractivity contribution is 0.122. The van der Waals surface area contributed by atoms with Crippen molar-refractivity contribution in [1.82, 2.24) is 15.0 Å². The number of hydrogen-bond donors (Lipinski definition) is 3. The van der Waals surface area contributed by atoms with Crippen molar-refractivity contribution in [3.8, 4) is 5.75 Å². The Hall–Kier alpha value is -2.95. The smallest absolute Gasteiger partial charge is 0.250 e. The first-order chi connectivity index (χ1) is 15.5. The van der Waals surface area contributed by atoms with Crippen LogP contribution in [0.3, 0.4) is 0 Å². The van der Waals surface area contributed by atoms with Gasteiger partial charge in [0.05, 0.1) is 25.1 Å². The number of hydrazone groups is 1. The van der Waals surface area contributed by atoms with Crippen LogP contribution in [0.25, 0.3) is 0 Å². The monoisotopic (exact) mass is 517 g/mol. The van der Waals surface area contributed by atoms with E-state index in [4.69, 9.17) is 16.3 Å². The van der Waals surface area contributed by atoms with Crippen LogP contribution < -0.4 is 15.6 Å². The number of nitrogens with zero attached hydrogens (tertiary/aromatic N) is 5. The highest BCUT2D eigenvalue weighted by Gasteiger charge is 2.17. The number of aromatic hydroxyl groups is 1. The van der Waals surface area contributed by atoms with E-state index < -0.39 is 0 Å². The molecule has 0 unspecified atom stereocenters. The summed E-state index contributed by atoms with van der Waals surface area (Å²) in [5, 5.41) is 17.6. The molecule has 0 saturated carbocycles. The van der Waals surface area contributed by atoms with E-state index in [2.05, 4.69) is 46.7 Å². The van der Waals surface area contributed by atoms with E-state index in [-0.39, 0.29) is 11.7 Å². The van der Waals surface area contributed by atoms with Crippen molar-refractivity contribution in [2.75, 3.05) is 41.9 Å². The SMILES string of the molecule is Cc1cc(Br)c(Nc2nc(N/N=C/c3cccc(O)c3)nc(N3CCOCC3)n2)cc1Cl. The normalized spacial score (nSPS) is 14.0. The number of benzene rings is 2. The van der Waals surface area contributed by atoms with Crippen molar-refractivity contribution < 1.29 is 9.84 Å². The molecule has 0 spiro atoms. The Labute approximate surface area is 198 Å². The number of aromatic nitrogens is 3. The van der Waals surface area contributed by atoms with Gasteiger partial charge >= 0.3 is 0 Å². The van der Waals surface area contributed by atoms with Gasteiger partial charge in [0.25, 0.3) is 0 Å². The number of rotatable bonds is 6. The molecule has 3 aromatic rings. The summed E-state index contributed by atoms with van der Waals surface area (Å²) < 4.78 is 6.27. The quantitative estimate of drug-likeness (QED) is 0.327. The molecule has 0 bridgehead atoms. The second kappa shape index (κ2) is 10.1. The molecule has 11 heteroatoms. The number of phenolic OH excluding ortho intramolecular Hbond substituents is 1. The second-order valence-corrected chi connectivity index (χ2v) is 8.31. The largest absolute Gasteiger partial charge is 0.508 e. The van der Waals surface area contributed by atoms with Gasteiger partial charge in [-0.25, -0.2) is 5.43 Å². The Bertz CT molecular complexity index is 1140. The summed E-state index contributed by atoms with van der Waals surface area (Å²) in [6.07, 6.45) is 1.57. The molecule has 1 aromatic heterocycles. The minimum Gasteiger partial charge on any atom is -0.508 e. The third-order valence-electron chi connectivity index (χ3n) is 4.66. The average molecular weight is 519 g/mol. The van der Waals surface area contributed by atoms with E-state index in [1.54, 1.807) is 24.4 Å². The topological polar surface area (TPSA) is 108 Å². The fourth-order valence-corrected chi connectivity index (χ4v) is 3.73. The molecule has 1 aliphatic heterocycles. The van der Waals surface area contributed by atoms with Crippen LogP contribution in [0.4, 0.5) is 23.5 Å². The first-order valence-electron chi connectivity index (χ1n) is 9.87. The lowest BCUT2D eigenvalue weighted by Crippen LogP contribution is -2.37. The number of nitrogens with one attached hydrogen (secondary N) is 2. The maximum Gasteiger partial charge on any atom is 0.250 e. The van der Waals surface area contributed by atoms with E-state index in [1.807, 2.05) is 30.0 Å². The van der Waals surface area contributed by atoms with Crippen LogP contribution in [0.1, 0.15) is 11.1 Å². The first kappa shape index (κ1) is 22.3. The maximum atomic E-state index is 9.59. The Balaban J connectivity index is 1.61. The van der Waals surface area contributed by atoms with Gasteiger partial charge in [0.2, 0.25) is 17.8 Å². The molecule has 0 aliphatic carbocycles. The summed E-state index contributed by atoms with van der Waals surface area (Å²) in [5.74, 6) is 1.29. The van der Waals surface area contributed by atoms with Crippen molar-refractivity contribution in [1.29, 1.82) is 0 Å². The van der Waals surface area contributed by atoms with E-state index in [0.717, 1.165) is 21.3 Å². The number of ether oxygens (including phenoxy) is 1. The molecule has 2 aromatic carbocycles. The second-order valence-electron chi connectivity index (χ2n) is 7.05. The summed E-state index contributed by atoms with van der Waals surface area (Å²) in [6.45, 7) is 4.49. The van der Waals surface area contributed by atoms with Gasteiger partial charge in [-0.15, -0.1) is 0 Å².